The molecule has 1 fully saturated rings. The van der Waals surface area contributed by atoms with Crippen molar-refractivity contribution in [2.45, 2.75) is 13.5 Å². The third-order valence-electron chi connectivity index (χ3n) is 5.12. The Morgan fingerprint density at radius 3 is 2.26 bits per heavy atom. The van der Waals surface area contributed by atoms with Crippen LogP contribution in [-0.2, 0) is 11.3 Å². The van der Waals surface area contributed by atoms with E-state index in [4.69, 9.17) is 0 Å². The van der Waals surface area contributed by atoms with Gasteiger partial charge in [0.05, 0.1) is 11.1 Å². The van der Waals surface area contributed by atoms with Crippen LogP contribution in [0.15, 0.2) is 36.7 Å². The molecule has 1 aromatic carbocycles. The number of carbonyl (C=O) groups excluding carboxylic acids is 3. The van der Waals surface area contributed by atoms with E-state index in [9.17, 15) is 14.4 Å². The van der Waals surface area contributed by atoms with Gasteiger partial charge in [-0.05, 0) is 19.1 Å². The van der Waals surface area contributed by atoms with E-state index in [2.05, 4.69) is 21.4 Å². The molecule has 4 rings (SSSR count). The van der Waals surface area contributed by atoms with Gasteiger partial charge in [0.1, 0.15) is 6.54 Å². The summed E-state index contributed by atoms with van der Waals surface area (Å²) < 4.78 is 2.07. The summed E-state index contributed by atoms with van der Waals surface area (Å²) in [5, 5.41) is 0. The lowest BCUT2D eigenvalue weighted by molar-refractivity contribution is -0.131. The van der Waals surface area contributed by atoms with E-state index in [0.717, 1.165) is 17.4 Å². The van der Waals surface area contributed by atoms with Crippen molar-refractivity contribution >= 4 is 23.7 Å². The Kier molecular flexibility index (Phi) is 4.39. The first-order chi connectivity index (χ1) is 13.1. The van der Waals surface area contributed by atoms with Crippen LogP contribution < -0.4 is 4.90 Å². The molecule has 1 aromatic heterocycles. The summed E-state index contributed by atoms with van der Waals surface area (Å²) >= 11 is 0. The van der Waals surface area contributed by atoms with E-state index in [-0.39, 0.29) is 12.5 Å². The molecular formula is C19H21N5O3. The maximum atomic E-state index is 12.7. The molecule has 3 heterocycles. The van der Waals surface area contributed by atoms with Crippen LogP contribution in [0.5, 0.6) is 0 Å². The molecule has 3 amide bonds. The van der Waals surface area contributed by atoms with Gasteiger partial charge in [-0.15, -0.1) is 0 Å². The smallest absolute Gasteiger partial charge is 0.262 e. The molecule has 0 unspecified atom stereocenters. The standard InChI is InChI=1S/C19H21N5O3/c1-2-21-8-7-20-19(21)23-11-9-22(10-12-23)16(25)13-24-17(26)14-5-3-4-6-15(14)18(24)27/h3-8H,2,9-13H2,1H3. The van der Waals surface area contributed by atoms with E-state index in [1.54, 1.807) is 35.4 Å². The molecule has 0 spiro atoms. The molecule has 0 atom stereocenters. The highest BCUT2D eigenvalue weighted by atomic mass is 16.2. The molecule has 8 heteroatoms. The van der Waals surface area contributed by atoms with Crippen molar-refractivity contribution in [2.75, 3.05) is 37.6 Å². The molecule has 2 aliphatic rings. The monoisotopic (exact) mass is 367 g/mol. The van der Waals surface area contributed by atoms with Gasteiger partial charge >= 0.3 is 0 Å². The zero-order valence-electron chi connectivity index (χ0n) is 15.2. The Morgan fingerprint density at radius 2 is 1.67 bits per heavy atom. The number of aryl methyl sites for hydroxylation is 1. The lowest BCUT2D eigenvalue weighted by Gasteiger charge is -2.36. The van der Waals surface area contributed by atoms with Crippen molar-refractivity contribution in [1.82, 2.24) is 19.4 Å². The van der Waals surface area contributed by atoms with E-state index < -0.39 is 11.8 Å². The predicted molar refractivity (Wildman–Crippen MR) is 98.5 cm³/mol. The summed E-state index contributed by atoms with van der Waals surface area (Å²) in [5.41, 5.74) is 0.734. The van der Waals surface area contributed by atoms with Crippen molar-refractivity contribution in [1.29, 1.82) is 0 Å². The summed E-state index contributed by atoms with van der Waals surface area (Å²) in [6.07, 6.45) is 3.72. The molecule has 140 valence electrons. The molecule has 1 saturated heterocycles. The zero-order chi connectivity index (χ0) is 19.0. The maximum absolute atomic E-state index is 12.7. The number of rotatable bonds is 4. The van der Waals surface area contributed by atoms with Gasteiger partial charge in [0.2, 0.25) is 11.9 Å². The fourth-order valence-electron chi connectivity index (χ4n) is 3.61. The minimum Gasteiger partial charge on any atom is -0.339 e. The zero-order valence-corrected chi connectivity index (χ0v) is 15.2. The number of hydrogen-bond acceptors (Lipinski definition) is 5. The summed E-state index contributed by atoms with van der Waals surface area (Å²) in [6, 6.07) is 6.67. The van der Waals surface area contributed by atoms with Gasteiger partial charge in [0.25, 0.3) is 11.8 Å². The van der Waals surface area contributed by atoms with Crippen molar-refractivity contribution < 1.29 is 14.4 Å². The van der Waals surface area contributed by atoms with Gasteiger partial charge in [-0.25, -0.2) is 4.98 Å². The molecular weight excluding hydrogens is 346 g/mol. The average Bonchev–Trinajstić information content (AvgIpc) is 3.27. The van der Waals surface area contributed by atoms with Crippen LogP contribution in [-0.4, -0.2) is 69.8 Å². The number of carbonyl (C=O) groups is 3. The lowest BCUT2D eigenvalue weighted by atomic mass is 10.1. The lowest BCUT2D eigenvalue weighted by Crippen LogP contribution is -2.52. The number of amides is 3. The Morgan fingerprint density at radius 1 is 1.04 bits per heavy atom. The second kappa shape index (κ2) is 6.86. The van der Waals surface area contributed by atoms with Crippen LogP contribution in [0.2, 0.25) is 0 Å². The Hall–Kier alpha value is -3.16. The van der Waals surface area contributed by atoms with E-state index >= 15 is 0 Å². The third-order valence-corrected chi connectivity index (χ3v) is 5.12. The summed E-state index contributed by atoms with van der Waals surface area (Å²) in [5.74, 6) is -0.0898. The molecule has 27 heavy (non-hydrogen) atoms. The summed E-state index contributed by atoms with van der Waals surface area (Å²) in [6.45, 7) is 5.12. The highest BCUT2D eigenvalue weighted by Gasteiger charge is 2.37. The number of benzene rings is 1. The van der Waals surface area contributed by atoms with Crippen LogP contribution in [0.25, 0.3) is 0 Å². The largest absolute Gasteiger partial charge is 0.339 e. The van der Waals surface area contributed by atoms with E-state index in [1.807, 2.05) is 6.20 Å². The average molecular weight is 367 g/mol. The molecule has 0 aliphatic carbocycles. The topological polar surface area (TPSA) is 78.8 Å². The molecule has 2 aromatic rings. The first-order valence-corrected chi connectivity index (χ1v) is 9.09. The normalized spacial score (nSPS) is 16.9. The van der Waals surface area contributed by atoms with Crippen molar-refractivity contribution in [3.63, 3.8) is 0 Å². The first-order valence-electron chi connectivity index (χ1n) is 9.09. The minimum atomic E-state index is -0.396. The number of aromatic nitrogens is 2. The Balaban J connectivity index is 1.38. The van der Waals surface area contributed by atoms with Crippen molar-refractivity contribution in [2.24, 2.45) is 0 Å². The Bertz CT molecular complexity index is 863. The van der Waals surface area contributed by atoms with E-state index in [1.165, 1.54) is 0 Å². The maximum Gasteiger partial charge on any atom is 0.262 e. The minimum absolute atomic E-state index is 0.206. The van der Waals surface area contributed by atoms with Crippen LogP contribution in [0, 0.1) is 0 Å². The number of hydrogen-bond donors (Lipinski definition) is 0. The van der Waals surface area contributed by atoms with Gasteiger partial charge in [0, 0.05) is 45.1 Å². The SMILES string of the molecule is CCn1ccnc1N1CCN(C(=O)CN2C(=O)c3ccccc3C2=O)CC1. The van der Waals surface area contributed by atoms with Crippen molar-refractivity contribution in [3.8, 4) is 0 Å². The van der Waals surface area contributed by atoms with Gasteiger partial charge in [-0.3, -0.25) is 19.3 Å². The number of fused-ring (bicyclic) bond motifs is 1. The van der Waals surface area contributed by atoms with E-state index in [0.29, 0.717) is 37.3 Å². The van der Waals surface area contributed by atoms with Crippen molar-refractivity contribution in [3.05, 3.63) is 47.8 Å². The molecule has 2 aliphatic heterocycles. The number of imide groups is 1. The quantitative estimate of drug-likeness (QED) is 0.749. The Labute approximate surface area is 157 Å². The fraction of sp³-hybridized carbons (Fsp3) is 0.368. The molecule has 8 nitrogen and oxygen atoms in total. The summed E-state index contributed by atoms with van der Waals surface area (Å²) in [7, 11) is 0. The summed E-state index contributed by atoms with van der Waals surface area (Å²) in [4.78, 5) is 46.8. The first kappa shape index (κ1) is 17.3. The highest BCUT2D eigenvalue weighted by molar-refractivity contribution is 6.22. The van der Waals surface area contributed by atoms with Crippen LogP contribution in [0.3, 0.4) is 0 Å². The number of imidazole rings is 1. The van der Waals surface area contributed by atoms with Gasteiger partial charge in [-0.2, -0.15) is 0 Å². The highest BCUT2D eigenvalue weighted by Crippen LogP contribution is 2.22. The molecule has 0 N–H and O–H groups in total. The number of nitrogens with zero attached hydrogens (tertiary/aromatic N) is 5. The van der Waals surface area contributed by atoms with Crippen LogP contribution in [0.1, 0.15) is 27.6 Å². The van der Waals surface area contributed by atoms with Gasteiger partial charge < -0.3 is 14.4 Å². The third kappa shape index (κ3) is 2.97. The van der Waals surface area contributed by atoms with Crippen LogP contribution in [0.4, 0.5) is 5.95 Å². The number of anilines is 1. The fourth-order valence-corrected chi connectivity index (χ4v) is 3.61. The molecule has 0 bridgehead atoms. The number of piperazine rings is 1. The second-order valence-electron chi connectivity index (χ2n) is 6.62. The predicted octanol–water partition coefficient (Wildman–Crippen LogP) is 0.848. The molecule has 0 radical (unpaired) electrons. The van der Waals surface area contributed by atoms with Crippen LogP contribution >= 0.6 is 0 Å². The van der Waals surface area contributed by atoms with Gasteiger partial charge in [0.15, 0.2) is 0 Å². The second-order valence-corrected chi connectivity index (χ2v) is 6.62. The molecule has 0 saturated carbocycles. The van der Waals surface area contributed by atoms with Gasteiger partial charge in [-0.1, -0.05) is 12.1 Å².